The maximum absolute atomic E-state index is 12.6. The maximum atomic E-state index is 12.6. The van der Waals surface area contributed by atoms with Crippen molar-refractivity contribution in [1.82, 2.24) is 10.6 Å². The summed E-state index contributed by atoms with van der Waals surface area (Å²) in [6.07, 6.45) is -1.54. The number of halogens is 4. The van der Waals surface area contributed by atoms with Gasteiger partial charge in [0.1, 0.15) is 0 Å². The van der Waals surface area contributed by atoms with Crippen LogP contribution in [-0.2, 0) is 17.5 Å². The normalized spacial score (nSPS) is 18.7. The lowest BCUT2D eigenvalue weighted by Gasteiger charge is -2.22. The van der Waals surface area contributed by atoms with Gasteiger partial charge in [0.15, 0.2) is 0 Å². The second-order valence-electron chi connectivity index (χ2n) is 4.92. The molecule has 1 heterocycles. The van der Waals surface area contributed by atoms with Crippen LogP contribution >= 0.6 is 12.4 Å². The van der Waals surface area contributed by atoms with E-state index >= 15 is 0 Å². The van der Waals surface area contributed by atoms with E-state index in [-0.39, 0.29) is 30.9 Å². The summed E-state index contributed by atoms with van der Waals surface area (Å²) in [5, 5.41) is 5.78. The van der Waals surface area contributed by atoms with Gasteiger partial charge in [-0.1, -0.05) is 18.6 Å². The van der Waals surface area contributed by atoms with E-state index < -0.39 is 11.7 Å². The lowest BCUT2D eigenvalue weighted by atomic mass is 10.0. The summed E-state index contributed by atoms with van der Waals surface area (Å²) in [5.74, 6) is -0.151. The summed E-state index contributed by atoms with van der Waals surface area (Å²) in [4.78, 5) is 11.9. The van der Waals surface area contributed by atoms with E-state index in [2.05, 4.69) is 10.6 Å². The van der Waals surface area contributed by atoms with E-state index in [1.807, 2.05) is 0 Å². The van der Waals surface area contributed by atoms with Crippen LogP contribution in [-0.4, -0.2) is 18.5 Å². The van der Waals surface area contributed by atoms with Crippen LogP contribution in [0, 0.1) is 0 Å². The molecular formula is C14H18ClF3N2O. The zero-order valence-electron chi connectivity index (χ0n) is 11.4. The Hall–Kier alpha value is -1.27. The summed E-state index contributed by atoms with van der Waals surface area (Å²) < 4.78 is 37.7. The number of amides is 1. The van der Waals surface area contributed by atoms with Crippen molar-refractivity contribution >= 4 is 18.3 Å². The number of benzene rings is 1. The van der Waals surface area contributed by atoms with Crippen LogP contribution in [0.5, 0.6) is 0 Å². The number of carbonyl (C=O) groups excluding carboxylic acids is 1. The number of carbonyl (C=O) groups is 1. The Kier molecular flexibility index (Phi) is 6.48. The lowest BCUT2D eigenvalue weighted by molar-refractivity contribution is -0.137. The van der Waals surface area contributed by atoms with Crippen LogP contribution in [0.25, 0.3) is 0 Å². The first-order chi connectivity index (χ1) is 9.47. The zero-order valence-corrected chi connectivity index (χ0v) is 12.2. The molecule has 1 aliphatic rings. The topological polar surface area (TPSA) is 41.1 Å². The van der Waals surface area contributed by atoms with E-state index in [1.165, 1.54) is 6.07 Å². The van der Waals surface area contributed by atoms with E-state index in [1.54, 1.807) is 6.07 Å². The van der Waals surface area contributed by atoms with Crippen molar-refractivity contribution in [3.8, 4) is 0 Å². The number of nitrogens with one attached hydrogen (secondary N) is 2. The Bertz CT molecular complexity index is 474. The van der Waals surface area contributed by atoms with Gasteiger partial charge in [0.05, 0.1) is 11.6 Å². The molecule has 1 fully saturated rings. The van der Waals surface area contributed by atoms with Crippen LogP contribution < -0.4 is 10.6 Å². The third-order valence-electron chi connectivity index (χ3n) is 3.35. The van der Waals surface area contributed by atoms with Gasteiger partial charge in [0.25, 0.3) is 0 Å². The second-order valence-corrected chi connectivity index (χ2v) is 4.92. The molecule has 2 rings (SSSR count). The molecule has 0 radical (unpaired) electrons. The SMILES string of the molecule is Cl.O=C(NCc1cccc(C(F)(F)F)c1)C1CCCCN1. The Morgan fingerprint density at radius 2 is 2.10 bits per heavy atom. The standard InChI is InChI=1S/C14H17F3N2O.ClH/c15-14(16,17)11-5-3-4-10(8-11)9-19-13(20)12-6-1-2-7-18-12;/h3-5,8,12,18H,1-2,6-7,9H2,(H,19,20);1H. The van der Waals surface area contributed by atoms with Crippen molar-refractivity contribution in [3.63, 3.8) is 0 Å². The van der Waals surface area contributed by atoms with Crippen LogP contribution in [0.2, 0.25) is 0 Å². The molecule has 0 saturated carbocycles. The highest BCUT2D eigenvalue weighted by Crippen LogP contribution is 2.29. The smallest absolute Gasteiger partial charge is 0.351 e. The Morgan fingerprint density at radius 3 is 2.71 bits per heavy atom. The fourth-order valence-electron chi connectivity index (χ4n) is 2.25. The van der Waals surface area contributed by atoms with E-state index in [9.17, 15) is 18.0 Å². The van der Waals surface area contributed by atoms with Crippen molar-refractivity contribution in [1.29, 1.82) is 0 Å². The predicted molar refractivity (Wildman–Crippen MR) is 76.2 cm³/mol. The molecule has 1 aromatic rings. The molecule has 0 aromatic heterocycles. The number of piperidine rings is 1. The lowest BCUT2D eigenvalue weighted by Crippen LogP contribution is -2.46. The third kappa shape index (κ3) is 5.21. The fourth-order valence-corrected chi connectivity index (χ4v) is 2.25. The van der Waals surface area contributed by atoms with Crippen LogP contribution in [0.3, 0.4) is 0 Å². The maximum Gasteiger partial charge on any atom is 0.416 e. The highest BCUT2D eigenvalue weighted by molar-refractivity contribution is 5.85. The first-order valence-electron chi connectivity index (χ1n) is 6.64. The Labute approximate surface area is 127 Å². The first kappa shape index (κ1) is 17.8. The summed E-state index contributed by atoms with van der Waals surface area (Å²) >= 11 is 0. The number of alkyl halides is 3. The second kappa shape index (κ2) is 7.66. The molecule has 0 aliphatic carbocycles. The van der Waals surface area contributed by atoms with Crippen molar-refractivity contribution in [3.05, 3.63) is 35.4 Å². The van der Waals surface area contributed by atoms with Crippen LogP contribution in [0.4, 0.5) is 13.2 Å². The first-order valence-corrected chi connectivity index (χ1v) is 6.64. The molecule has 1 unspecified atom stereocenters. The quantitative estimate of drug-likeness (QED) is 0.898. The summed E-state index contributed by atoms with van der Waals surface area (Å²) in [5.41, 5.74) is -0.246. The average molecular weight is 323 g/mol. The molecule has 1 saturated heterocycles. The largest absolute Gasteiger partial charge is 0.416 e. The summed E-state index contributed by atoms with van der Waals surface area (Å²) in [6, 6.07) is 4.78. The number of hydrogen-bond acceptors (Lipinski definition) is 2. The van der Waals surface area contributed by atoms with Crippen LogP contribution in [0.15, 0.2) is 24.3 Å². The number of hydrogen-bond donors (Lipinski definition) is 2. The molecule has 21 heavy (non-hydrogen) atoms. The van der Waals surface area contributed by atoms with Gasteiger partial charge in [-0.05, 0) is 37.1 Å². The number of rotatable bonds is 3. The van der Waals surface area contributed by atoms with E-state index in [0.717, 1.165) is 37.9 Å². The molecule has 2 N–H and O–H groups in total. The van der Waals surface area contributed by atoms with Gasteiger partial charge in [-0.3, -0.25) is 4.79 Å². The van der Waals surface area contributed by atoms with Gasteiger partial charge in [-0.15, -0.1) is 12.4 Å². The van der Waals surface area contributed by atoms with Gasteiger partial charge in [0.2, 0.25) is 5.91 Å². The van der Waals surface area contributed by atoms with Gasteiger partial charge in [0, 0.05) is 6.54 Å². The van der Waals surface area contributed by atoms with E-state index in [4.69, 9.17) is 0 Å². The zero-order chi connectivity index (χ0) is 14.6. The van der Waals surface area contributed by atoms with Crippen molar-refractivity contribution in [2.75, 3.05) is 6.54 Å². The molecule has 118 valence electrons. The molecule has 7 heteroatoms. The van der Waals surface area contributed by atoms with E-state index in [0.29, 0.717) is 5.56 Å². The molecule has 0 bridgehead atoms. The molecular weight excluding hydrogens is 305 g/mol. The van der Waals surface area contributed by atoms with Gasteiger partial charge >= 0.3 is 6.18 Å². The Balaban J connectivity index is 0.00000220. The highest BCUT2D eigenvalue weighted by Gasteiger charge is 2.30. The molecule has 3 nitrogen and oxygen atoms in total. The molecule has 0 spiro atoms. The van der Waals surface area contributed by atoms with Gasteiger partial charge in [-0.2, -0.15) is 13.2 Å². The molecule has 1 aliphatic heterocycles. The molecule has 1 aromatic carbocycles. The predicted octanol–water partition coefficient (Wildman–Crippen LogP) is 2.89. The fraction of sp³-hybridized carbons (Fsp3) is 0.500. The monoisotopic (exact) mass is 322 g/mol. The van der Waals surface area contributed by atoms with Gasteiger partial charge in [-0.25, -0.2) is 0 Å². The summed E-state index contributed by atoms with van der Waals surface area (Å²) in [6.45, 7) is 0.919. The minimum absolute atomic E-state index is 0. The summed E-state index contributed by atoms with van der Waals surface area (Å²) in [7, 11) is 0. The minimum Gasteiger partial charge on any atom is -0.351 e. The average Bonchev–Trinajstić information content (AvgIpc) is 2.45. The highest BCUT2D eigenvalue weighted by atomic mass is 35.5. The molecule has 1 amide bonds. The Morgan fingerprint density at radius 1 is 1.33 bits per heavy atom. The third-order valence-corrected chi connectivity index (χ3v) is 3.35. The van der Waals surface area contributed by atoms with Crippen LogP contribution in [0.1, 0.15) is 30.4 Å². The van der Waals surface area contributed by atoms with Gasteiger partial charge < -0.3 is 10.6 Å². The van der Waals surface area contributed by atoms with Crippen molar-refractivity contribution in [2.45, 2.75) is 38.0 Å². The minimum atomic E-state index is -4.36. The van der Waals surface area contributed by atoms with Crippen molar-refractivity contribution < 1.29 is 18.0 Å². The molecule has 1 atom stereocenters. The van der Waals surface area contributed by atoms with Crippen molar-refractivity contribution in [2.24, 2.45) is 0 Å².